The monoisotopic (exact) mass is 284 g/mol. The molecule has 1 heterocycles. The molecule has 0 amide bonds. The molecule has 1 aliphatic rings. The molecule has 1 fully saturated rings. The zero-order valence-corrected chi connectivity index (χ0v) is 12.6. The first-order valence-electron chi connectivity index (χ1n) is 6.42. The van der Waals surface area contributed by atoms with Gasteiger partial charge in [-0.05, 0) is 43.2 Å². The second kappa shape index (κ2) is 6.18. The van der Waals surface area contributed by atoms with Crippen LogP contribution >= 0.6 is 23.4 Å². The van der Waals surface area contributed by atoms with Crippen LogP contribution < -0.4 is 10.6 Å². The third kappa shape index (κ3) is 3.34. The molecular formula is C14H21ClN2S. The first-order valence-corrected chi connectivity index (χ1v) is 7.96. The van der Waals surface area contributed by atoms with E-state index in [1.165, 1.54) is 29.2 Å². The van der Waals surface area contributed by atoms with Crippen LogP contribution in [-0.2, 0) is 6.42 Å². The van der Waals surface area contributed by atoms with Crippen LogP contribution in [0.15, 0.2) is 18.2 Å². The predicted octanol–water partition coefficient (Wildman–Crippen LogP) is 3.17. The van der Waals surface area contributed by atoms with Crippen LogP contribution in [0, 0.1) is 0 Å². The van der Waals surface area contributed by atoms with Gasteiger partial charge in [-0.1, -0.05) is 17.7 Å². The van der Waals surface area contributed by atoms with Gasteiger partial charge >= 0.3 is 0 Å². The molecular weight excluding hydrogens is 264 g/mol. The number of benzene rings is 1. The lowest BCUT2D eigenvalue weighted by Gasteiger charge is -2.29. The molecule has 4 heteroatoms. The molecule has 1 saturated heterocycles. The van der Waals surface area contributed by atoms with Crippen LogP contribution in [0.4, 0.5) is 5.69 Å². The van der Waals surface area contributed by atoms with Crippen molar-refractivity contribution in [1.82, 2.24) is 0 Å². The molecule has 0 saturated carbocycles. The van der Waals surface area contributed by atoms with Crippen LogP contribution in [-0.4, -0.2) is 30.6 Å². The molecule has 2 atom stereocenters. The van der Waals surface area contributed by atoms with Gasteiger partial charge in [0, 0.05) is 35.6 Å². The van der Waals surface area contributed by atoms with Crippen molar-refractivity contribution in [3.8, 4) is 0 Å². The van der Waals surface area contributed by atoms with E-state index >= 15 is 0 Å². The number of anilines is 1. The highest BCUT2D eigenvalue weighted by atomic mass is 35.5. The third-order valence-corrected chi connectivity index (χ3v) is 4.80. The Balaban J connectivity index is 2.25. The normalized spacial score (nSPS) is 21.0. The third-order valence-electron chi connectivity index (χ3n) is 3.42. The fourth-order valence-corrected chi connectivity index (χ4v) is 3.84. The van der Waals surface area contributed by atoms with Crippen LogP contribution in [0.25, 0.3) is 0 Å². The van der Waals surface area contributed by atoms with Gasteiger partial charge in [0.15, 0.2) is 0 Å². The van der Waals surface area contributed by atoms with Crippen LogP contribution in [0.5, 0.6) is 0 Å². The van der Waals surface area contributed by atoms with E-state index in [2.05, 4.69) is 24.1 Å². The minimum Gasteiger partial charge on any atom is -0.370 e. The lowest BCUT2D eigenvalue weighted by molar-refractivity contribution is 0.686. The van der Waals surface area contributed by atoms with Crippen molar-refractivity contribution < 1.29 is 0 Å². The van der Waals surface area contributed by atoms with Gasteiger partial charge in [-0.3, -0.25) is 0 Å². The number of rotatable bonds is 4. The molecule has 2 rings (SSSR count). The van der Waals surface area contributed by atoms with E-state index in [4.69, 9.17) is 17.3 Å². The molecule has 2 nitrogen and oxygen atoms in total. The molecule has 1 aliphatic heterocycles. The van der Waals surface area contributed by atoms with Gasteiger partial charge in [-0.15, -0.1) is 0 Å². The Hall–Kier alpha value is -0.380. The average molecular weight is 285 g/mol. The smallest absolute Gasteiger partial charge is 0.0426 e. The second-order valence-corrected chi connectivity index (χ2v) is 6.67. The Labute approximate surface area is 119 Å². The molecule has 1 aromatic rings. The van der Waals surface area contributed by atoms with E-state index in [9.17, 15) is 0 Å². The summed E-state index contributed by atoms with van der Waals surface area (Å²) in [7, 11) is 2.17. The minimum absolute atomic E-state index is 0.177. The highest BCUT2D eigenvalue weighted by Gasteiger charge is 2.22. The number of hydrogen-bond donors (Lipinski definition) is 1. The van der Waals surface area contributed by atoms with Crippen molar-refractivity contribution >= 4 is 29.1 Å². The highest BCUT2D eigenvalue weighted by Crippen LogP contribution is 2.30. The summed E-state index contributed by atoms with van der Waals surface area (Å²) < 4.78 is 0. The van der Waals surface area contributed by atoms with Gasteiger partial charge < -0.3 is 10.6 Å². The van der Waals surface area contributed by atoms with Gasteiger partial charge in [0.2, 0.25) is 0 Å². The Morgan fingerprint density at radius 3 is 2.94 bits per heavy atom. The van der Waals surface area contributed by atoms with Crippen LogP contribution in [0.2, 0.25) is 5.02 Å². The quantitative estimate of drug-likeness (QED) is 0.921. The first-order chi connectivity index (χ1) is 8.58. The molecule has 0 spiro atoms. The van der Waals surface area contributed by atoms with Crippen LogP contribution in [0.3, 0.4) is 0 Å². The molecule has 0 bridgehead atoms. The van der Waals surface area contributed by atoms with Gasteiger partial charge in [0.1, 0.15) is 0 Å². The van der Waals surface area contributed by atoms with E-state index in [0.29, 0.717) is 6.04 Å². The largest absolute Gasteiger partial charge is 0.370 e. The molecule has 100 valence electrons. The van der Waals surface area contributed by atoms with Crippen LogP contribution in [0.1, 0.15) is 18.9 Å². The Morgan fingerprint density at radius 2 is 2.33 bits per heavy atom. The van der Waals surface area contributed by atoms with Gasteiger partial charge in [-0.25, -0.2) is 0 Å². The van der Waals surface area contributed by atoms with Gasteiger partial charge in [0.25, 0.3) is 0 Å². The molecule has 2 N–H and O–H groups in total. The van der Waals surface area contributed by atoms with Crippen molar-refractivity contribution in [2.75, 3.05) is 23.5 Å². The number of nitrogens with zero attached hydrogens (tertiary/aromatic N) is 1. The van der Waals surface area contributed by atoms with Crippen molar-refractivity contribution in [1.29, 1.82) is 0 Å². The zero-order valence-electron chi connectivity index (χ0n) is 11.0. The topological polar surface area (TPSA) is 29.3 Å². The van der Waals surface area contributed by atoms with E-state index in [1.54, 1.807) is 0 Å². The summed E-state index contributed by atoms with van der Waals surface area (Å²) in [4.78, 5) is 2.38. The lowest BCUT2D eigenvalue weighted by atomic mass is 10.0. The van der Waals surface area contributed by atoms with Gasteiger partial charge in [-0.2, -0.15) is 11.8 Å². The molecule has 0 aliphatic carbocycles. The summed E-state index contributed by atoms with van der Waals surface area (Å²) in [6.45, 7) is 2.05. The summed E-state index contributed by atoms with van der Waals surface area (Å²) in [6.07, 6.45) is 2.15. The van der Waals surface area contributed by atoms with Crippen molar-refractivity contribution in [2.45, 2.75) is 31.8 Å². The van der Waals surface area contributed by atoms with E-state index in [1.807, 2.05) is 24.8 Å². The Bertz CT molecular complexity index is 403. The highest BCUT2D eigenvalue weighted by molar-refractivity contribution is 7.99. The summed E-state index contributed by atoms with van der Waals surface area (Å²) in [6, 6.07) is 6.94. The number of halogens is 1. The number of thioether (sulfide) groups is 1. The molecule has 18 heavy (non-hydrogen) atoms. The first kappa shape index (κ1) is 14.0. The van der Waals surface area contributed by atoms with E-state index in [-0.39, 0.29) is 6.04 Å². The number of hydrogen-bond acceptors (Lipinski definition) is 3. The zero-order chi connectivity index (χ0) is 13.1. The summed E-state index contributed by atoms with van der Waals surface area (Å²) in [5, 5.41) is 0.802. The summed E-state index contributed by atoms with van der Waals surface area (Å²) >= 11 is 8.17. The predicted molar refractivity (Wildman–Crippen MR) is 82.9 cm³/mol. The Morgan fingerprint density at radius 1 is 1.56 bits per heavy atom. The van der Waals surface area contributed by atoms with E-state index in [0.717, 1.165) is 11.4 Å². The minimum atomic E-state index is 0.177. The number of nitrogens with two attached hydrogens (primary N) is 1. The standard InChI is InChI=1S/C14H21ClN2S/c1-10(16)7-11-3-4-12(15)8-14(11)17(2)13-5-6-18-9-13/h3-4,8,10,13H,5-7,9,16H2,1-2H3. The maximum absolute atomic E-state index is 6.14. The summed E-state index contributed by atoms with van der Waals surface area (Å²) in [5.74, 6) is 2.47. The van der Waals surface area contributed by atoms with Crippen molar-refractivity contribution in [3.05, 3.63) is 28.8 Å². The van der Waals surface area contributed by atoms with E-state index < -0.39 is 0 Å². The maximum Gasteiger partial charge on any atom is 0.0426 e. The molecule has 1 aromatic carbocycles. The molecule has 0 radical (unpaired) electrons. The fourth-order valence-electron chi connectivity index (χ4n) is 2.41. The van der Waals surface area contributed by atoms with Gasteiger partial charge in [0.05, 0.1) is 0 Å². The molecule has 0 aromatic heterocycles. The average Bonchev–Trinajstić information content (AvgIpc) is 2.83. The maximum atomic E-state index is 6.14. The fraction of sp³-hybridized carbons (Fsp3) is 0.571. The molecule has 2 unspecified atom stereocenters. The summed E-state index contributed by atoms with van der Waals surface area (Å²) in [5.41, 5.74) is 8.47. The SMILES string of the molecule is CC(N)Cc1ccc(Cl)cc1N(C)C1CCSC1. The lowest BCUT2D eigenvalue weighted by Crippen LogP contribution is -2.32. The van der Waals surface area contributed by atoms with Crippen molar-refractivity contribution in [3.63, 3.8) is 0 Å². The van der Waals surface area contributed by atoms with Crippen molar-refractivity contribution in [2.24, 2.45) is 5.73 Å². The Kier molecular flexibility index (Phi) is 4.82. The second-order valence-electron chi connectivity index (χ2n) is 5.08.